The summed E-state index contributed by atoms with van der Waals surface area (Å²) in [7, 11) is 1.54. The molecule has 0 aliphatic rings. The second kappa shape index (κ2) is 11.8. The number of carbonyl (C=O) groups excluding carboxylic acids is 2. The molecule has 3 aromatic carbocycles. The van der Waals surface area contributed by atoms with Crippen molar-refractivity contribution in [3.63, 3.8) is 0 Å². The maximum Gasteiger partial charge on any atom is 0.266 e. The number of rotatable bonds is 8. The highest BCUT2D eigenvalue weighted by molar-refractivity contribution is 6.31. The van der Waals surface area contributed by atoms with E-state index < -0.39 is 11.8 Å². The number of carbonyl (C=O) groups is 2. The number of halogens is 2. The monoisotopic (exact) mass is 495 g/mol. The molecule has 34 heavy (non-hydrogen) atoms. The van der Waals surface area contributed by atoms with Gasteiger partial charge in [-0.15, -0.1) is 0 Å². The molecule has 3 aromatic rings. The molecule has 172 valence electrons. The lowest BCUT2D eigenvalue weighted by Gasteiger charge is -2.11. The average molecular weight is 496 g/mol. The van der Waals surface area contributed by atoms with Crippen molar-refractivity contribution in [3.05, 3.63) is 87.9 Å². The summed E-state index contributed by atoms with van der Waals surface area (Å²) < 4.78 is 10.7. The largest absolute Gasteiger partial charge is 0.497 e. The third-order valence-corrected chi connectivity index (χ3v) is 4.96. The summed E-state index contributed by atoms with van der Waals surface area (Å²) in [6, 6.07) is 19.9. The summed E-state index contributed by atoms with van der Waals surface area (Å²) in [5.74, 6) is -0.0976. The van der Waals surface area contributed by atoms with Gasteiger partial charge in [0.25, 0.3) is 11.8 Å². The van der Waals surface area contributed by atoms with Gasteiger partial charge in [0.1, 0.15) is 23.1 Å². The zero-order valence-electron chi connectivity index (χ0n) is 18.0. The number of nitrogens with zero attached hydrogens (tertiary/aromatic N) is 1. The highest BCUT2D eigenvalue weighted by Crippen LogP contribution is 2.26. The van der Waals surface area contributed by atoms with Crippen molar-refractivity contribution >= 4 is 52.5 Å². The molecular weight excluding hydrogens is 477 g/mol. The van der Waals surface area contributed by atoms with Crippen molar-refractivity contribution in [1.29, 1.82) is 5.26 Å². The van der Waals surface area contributed by atoms with Gasteiger partial charge in [-0.3, -0.25) is 9.59 Å². The summed E-state index contributed by atoms with van der Waals surface area (Å²) >= 11 is 11.9. The van der Waals surface area contributed by atoms with Crippen LogP contribution in [0.15, 0.2) is 72.3 Å². The maximum absolute atomic E-state index is 12.6. The van der Waals surface area contributed by atoms with E-state index >= 15 is 0 Å². The van der Waals surface area contributed by atoms with Gasteiger partial charge in [0.05, 0.1) is 7.11 Å². The van der Waals surface area contributed by atoms with Crippen molar-refractivity contribution in [1.82, 2.24) is 0 Å². The smallest absolute Gasteiger partial charge is 0.266 e. The van der Waals surface area contributed by atoms with E-state index in [0.29, 0.717) is 32.7 Å². The lowest BCUT2D eigenvalue weighted by molar-refractivity contribution is -0.118. The Morgan fingerprint density at radius 3 is 2.21 bits per heavy atom. The van der Waals surface area contributed by atoms with E-state index in [1.165, 1.54) is 19.3 Å². The molecule has 0 aromatic heterocycles. The molecule has 0 saturated heterocycles. The molecule has 2 amide bonds. The van der Waals surface area contributed by atoms with Crippen LogP contribution in [-0.2, 0) is 9.59 Å². The summed E-state index contributed by atoms with van der Waals surface area (Å²) in [5.41, 5.74) is 1.26. The number of nitrogens with one attached hydrogen (secondary N) is 2. The highest BCUT2D eigenvalue weighted by Gasteiger charge is 2.13. The first kappa shape index (κ1) is 24.6. The van der Waals surface area contributed by atoms with Gasteiger partial charge in [0, 0.05) is 27.0 Å². The van der Waals surface area contributed by atoms with Crippen molar-refractivity contribution < 1.29 is 19.1 Å². The Bertz CT molecular complexity index is 1250. The number of hydrogen-bond acceptors (Lipinski definition) is 5. The number of ether oxygens (including phenoxy) is 2. The van der Waals surface area contributed by atoms with E-state index in [9.17, 15) is 14.9 Å². The first-order valence-corrected chi connectivity index (χ1v) is 10.7. The van der Waals surface area contributed by atoms with Gasteiger partial charge < -0.3 is 20.1 Å². The number of methoxy groups -OCH3 is 1. The van der Waals surface area contributed by atoms with Crippen LogP contribution in [0, 0.1) is 11.3 Å². The van der Waals surface area contributed by atoms with E-state index in [0.717, 1.165) is 0 Å². The molecule has 0 aliphatic carbocycles. The molecule has 9 heteroatoms. The average Bonchev–Trinajstić information content (AvgIpc) is 2.83. The topological polar surface area (TPSA) is 100 Å². The van der Waals surface area contributed by atoms with Crippen LogP contribution in [0.1, 0.15) is 5.56 Å². The first-order chi connectivity index (χ1) is 16.4. The summed E-state index contributed by atoms with van der Waals surface area (Å²) in [4.78, 5) is 24.9. The van der Waals surface area contributed by atoms with Crippen LogP contribution in [0.2, 0.25) is 10.0 Å². The molecule has 0 unspecified atom stereocenters. The molecular formula is C25H19Cl2N3O4. The summed E-state index contributed by atoms with van der Waals surface area (Å²) in [5, 5.41) is 15.8. The van der Waals surface area contributed by atoms with Gasteiger partial charge in [0.2, 0.25) is 0 Å². The zero-order chi connectivity index (χ0) is 24.5. The van der Waals surface area contributed by atoms with Crippen LogP contribution in [0.5, 0.6) is 11.5 Å². The normalized spacial score (nSPS) is 10.7. The van der Waals surface area contributed by atoms with E-state index in [4.69, 9.17) is 32.7 Å². The Morgan fingerprint density at radius 2 is 1.56 bits per heavy atom. The third kappa shape index (κ3) is 7.01. The van der Waals surface area contributed by atoms with E-state index in [-0.39, 0.29) is 17.9 Å². The van der Waals surface area contributed by atoms with Gasteiger partial charge in [0.15, 0.2) is 6.61 Å². The number of nitriles is 1. The van der Waals surface area contributed by atoms with Crippen LogP contribution >= 0.6 is 23.2 Å². The summed E-state index contributed by atoms with van der Waals surface area (Å²) in [6.07, 6.45) is 1.34. The fourth-order valence-corrected chi connectivity index (χ4v) is 3.12. The van der Waals surface area contributed by atoms with Crippen LogP contribution in [0.25, 0.3) is 6.08 Å². The Hall–Kier alpha value is -3.99. The van der Waals surface area contributed by atoms with Crippen LogP contribution in [-0.4, -0.2) is 25.5 Å². The lowest BCUT2D eigenvalue weighted by Crippen LogP contribution is -2.20. The SMILES string of the molecule is COc1ccc(NC(=O)/C(C#N)=C/c2cc(Cl)ccc2OCC(=O)Nc2ccc(Cl)cc2)cc1. The molecule has 0 bridgehead atoms. The predicted molar refractivity (Wildman–Crippen MR) is 132 cm³/mol. The first-order valence-electron chi connectivity index (χ1n) is 9.93. The van der Waals surface area contributed by atoms with Crippen LogP contribution in [0.3, 0.4) is 0 Å². The minimum atomic E-state index is -0.612. The molecule has 3 rings (SSSR count). The van der Waals surface area contributed by atoms with Crippen LogP contribution in [0.4, 0.5) is 11.4 Å². The fourth-order valence-electron chi connectivity index (χ4n) is 2.81. The van der Waals surface area contributed by atoms with E-state index in [1.54, 1.807) is 60.7 Å². The number of benzene rings is 3. The standard InChI is InChI=1S/C25H19Cl2N3O4/c1-33-22-9-7-21(8-10-22)30-25(32)17(14-28)12-16-13-19(27)4-11-23(16)34-15-24(31)29-20-5-2-18(26)3-6-20/h2-13H,15H2,1H3,(H,29,31)(H,30,32)/b17-12+. The van der Waals surface area contributed by atoms with Gasteiger partial charge in [-0.05, 0) is 72.8 Å². The molecule has 2 N–H and O–H groups in total. The van der Waals surface area contributed by atoms with Crippen molar-refractivity contribution in [2.24, 2.45) is 0 Å². The van der Waals surface area contributed by atoms with E-state index in [1.807, 2.05) is 6.07 Å². The quantitative estimate of drug-likeness (QED) is 0.314. The molecule has 0 heterocycles. The lowest BCUT2D eigenvalue weighted by atomic mass is 10.1. The second-order valence-electron chi connectivity index (χ2n) is 6.88. The minimum Gasteiger partial charge on any atom is -0.497 e. The van der Waals surface area contributed by atoms with Crippen molar-refractivity contribution in [2.75, 3.05) is 24.4 Å². The van der Waals surface area contributed by atoms with E-state index in [2.05, 4.69) is 10.6 Å². The molecule has 0 atom stereocenters. The van der Waals surface area contributed by atoms with Gasteiger partial charge in [-0.1, -0.05) is 23.2 Å². The van der Waals surface area contributed by atoms with Gasteiger partial charge in [-0.2, -0.15) is 5.26 Å². The van der Waals surface area contributed by atoms with Crippen molar-refractivity contribution in [2.45, 2.75) is 0 Å². The Morgan fingerprint density at radius 1 is 0.941 bits per heavy atom. The van der Waals surface area contributed by atoms with Crippen LogP contribution < -0.4 is 20.1 Å². The molecule has 0 fully saturated rings. The molecule has 0 aliphatic heterocycles. The zero-order valence-corrected chi connectivity index (χ0v) is 19.5. The number of amides is 2. The fraction of sp³-hybridized carbons (Fsp3) is 0.0800. The minimum absolute atomic E-state index is 0.173. The Kier molecular flexibility index (Phi) is 8.52. The maximum atomic E-state index is 12.6. The number of anilines is 2. The third-order valence-electron chi connectivity index (χ3n) is 4.47. The van der Waals surface area contributed by atoms with Gasteiger partial charge in [-0.25, -0.2) is 0 Å². The molecule has 0 spiro atoms. The number of hydrogen-bond donors (Lipinski definition) is 2. The molecule has 7 nitrogen and oxygen atoms in total. The highest BCUT2D eigenvalue weighted by atomic mass is 35.5. The Balaban J connectivity index is 1.72. The predicted octanol–water partition coefficient (Wildman–Crippen LogP) is 5.57. The van der Waals surface area contributed by atoms with Crippen molar-refractivity contribution in [3.8, 4) is 17.6 Å². The second-order valence-corrected chi connectivity index (χ2v) is 7.75. The Labute approximate surface area is 206 Å². The summed E-state index contributed by atoms with van der Waals surface area (Å²) in [6.45, 7) is -0.301. The van der Waals surface area contributed by atoms with Gasteiger partial charge >= 0.3 is 0 Å². The molecule has 0 saturated carbocycles. The molecule has 0 radical (unpaired) electrons.